The Morgan fingerprint density at radius 2 is 1.68 bits per heavy atom. The first kappa shape index (κ1) is 20.8. The first-order valence-corrected chi connectivity index (χ1v) is 6.95. The maximum Gasteiger partial charge on any atom is 0.239 e. The zero-order chi connectivity index (χ0) is 13.6. The van der Waals surface area contributed by atoms with Crippen LogP contribution in [0.15, 0.2) is 4.99 Å². The molecule has 0 bridgehead atoms. The predicted molar refractivity (Wildman–Crippen MR) is 92.2 cm³/mol. The van der Waals surface area contributed by atoms with E-state index in [9.17, 15) is 4.79 Å². The molecule has 0 atom stereocenters. The van der Waals surface area contributed by atoms with Crippen molar-refractivity contribution in [2.24, 2.45) is 4.99 Å². The van der Waals surface area contributed by atoms with E-state index in [1.54, 1.807) is 7.05 Å². The third kappa shape index (κ3) is 13.7. The van der Waals surface area contributed by atoms with Gasteiger partial charge in [-0.05, 0) is 12.8 Å². The van der Waals surface area contributed by atoms with Crippen molar-refractivity contribution in [2.45, 2.75) is 46.0 Å². The second-order valence-electron chi connectivity index (χ2n) is 4.26. The molecule has 0 aliphatic heterocycles. The van der Waals surface area contributed by atoms with Crippen molar-refractivity contribution >= 4 is 35.8 Å². The quantitative estimate of drug-likeness (QED) is 0.246. The minimum atomic E-state index is 0. The number of aliphatic imine (C=N–C) groups is 1. The van der Waals surface area contributed by atoms with E-state index in [-0.39, 0.29) is 36.4 Å². The molecular formula is C13H29IN4O. The molecule has 0 radical (unpaired) electrons. The van der Waals surface area contributed by atoms with Crippen molar-refractivity contribution in [3.8, 4) is 0 Å². The van der Waals surface area contributed by atoms with Gasteiger partial charge in [-0.2, -0.15) is 0 Å². The maximum atomic E-state index is 11.4. The van der Waals surface area contributed by atoms with Crippen molar-refractivity contribution in [2.75, 3.05) is 26.7 Å². The molecule has 0 aromatic carbocycles. The molecule has 19 heavy (non-hydrogen) atoms. The number of carbonyl (C=O) groups excluding carboxylic acids is 1. The van der Waals surface area contributed by atoms with Gasteiger partial charge in [0.15, 0.2) is 5.96 Å². The molecule has 0 unspecified atom stereocenters. The molecule has 0 aliphatic carbocycles. The molecule has 0 rings (SSSR count). The Hall–Kier alpha value is -0.530. The van der Waals surface area contributed by atoms with E-state index in [1.165, 1.54) is 19.3 Å². The molecular weight excluding hydrogens is 355 g/mol. The summed E-state index contributed by atoms with van der Waals surface area (Å²) in [4.78, 5) is 15.5. The van der Waals surface area contributed by atoms with Gasteiger partial charge in [0.05, 0.1) is 6.54 Å². The van der Waals surface area contributed by atoms with E-state index in [4.69, 9.17) is 0 Å². The minimum Gasteiger partial charge on any atom is -0.356 e. The Kier molecular flexibility index (Phi) is 17.0. The van der Waals surface area contributed by atoms with E-state index in [0.717, 1.165) is 25.9 Å². The molecule has 0 spiro atoms. The first-order valence-electron chi connectivity index (χ1n) is 6.95. The lowest BCUT2D eigenvalue weighted by atomic mass is 10.2. The van der Waals surface area contributed by atoms with Gasteiger partial charge in [0.25, 0.3) is 0 Å². The van der Waals surface area contributed by atoms with Crippen LogP contribution < -0.4 is 16.0 Å². The van der Waals surface area contributed by atoms with Crippen LogP contribution in [0.5, 0.6) is 0 Å². The molecule has 0 heterocycles. The second-order valence-corrected chi connectivity index (χ2v) is 4.26. The molecule has 0 aliphatic rings. The van der Waals surface area contributed by atoms with Gasteiger partial charge in [0.1, 0.15) is 0 Å². The van der Waals surface area contributed by atoms with Crippen LogP contribution in [0, 0.1) is 0 Å². The smallest absolute Gasteiger partial charge is 0.239 e. The van der Waals surface area contributed by atoms with Crippen molar-refractivity contribution in [1.29, 1.82) is 0 Å². The summed E-state index contributed by atoms with van der Waals surface area (Å²) in [5.41, 5.74) is 0. The highest BCUT2D eigenvalue weighted by atomic mass is 127. The number of halogens is 1. The average Bonchev–Trinajstić information content (AvgIpc) is 2.39. The average molecular weight is 384 g/mol. The van der Waals surface area contributed by atoms with Gasteiger partial charge in [0, 0.05) is 20.1 Å². The Labute approximate surface area is 134 Å². The molecule has 0 aromatic rings. The van der Waals surface area contributed by atoms with E-state index >= 15 is 0 Å². The molecule has 114 valence electrons. The monoisotopic (exact) mass is 384 g/mol. The van der Waals surface area contributed by atoms with Crippen LogP contribution in [0.4, 0.5) is 0 Å². The normalized spacial score (nSPS) is 10.6. The predicted octanol–water partition coefficient (Wildman–Crippen LogP) is 1.88. The number of unbranched alkanes of at least 4 members (excludes halogenated alkanes) is 3. The lowest BCUT2D eigenvalue weighted by Crippen LogP contribution is -2.43. The van der Waals surface area contributed by atoms with Gasteiger partial charge in [-0.1, -0.05) is 33.1 Å². The summed E-state index contributed by atoms with van der Waals surface area (Å²) < 4.78 is 0. The third-order valence-corrected chi connectivity index (χ3v) is 2.53. The lowest BCUT2D eigenvalue weighted by Gasteiger charge is -2.11. The van der Waals surface area contributed by atoms with Crippen LogP contribution in [0.2, 0.25) is 0 Å². The van der Waals surface area contributed by atoms with Crippen LogP contribution in [0.25, 0.3) is 0 Å². The number of hydrogen-bond donors (Lipinski definition) is 3. The fraction of sp³-hybridized carbons (Fsp3) is 0.846. The van der Waals surface area contributed by atoms with Crippen molar-refractivity contribution in [1.82, 2.24) is 16.0 Å². The number of amides is 1. The zero-order valence-electron chi connectivity index (χ0n) is 12.4. The van der Waals surface area contributed by atoms with Crippen LogP contribution in [-0.2, 0) is 4.79 Å². The Balaban J connectivity index is 0. The SMILES string of the molecule is CCCCCCNC(=NC)NCC(=O)NCCC.I. The summed E-state index contributed by atoms with van der Waals surface area (Å²) in [6.07, 6.45) is 5.84. The molecule has 0 saturated carbocycles. The van der Waals surface area contributed by atoms with E-state index < -0.39 is 0 Å². The highest BCUT2D eigenvalue weighted by Crippen LogP contribution is 1.96. The third-order valence-electron chi connectivity index (χ3n) is 2.53. The van der Waals surface area contributed by atoms with Crippen LogP contribution in [-0.4, -0.2) is 38.5 Å². The fourth-order valence-corrected chi connectivity index (χ4v) is 1.47. The van der Waals surface area contributed by atoms with Gasteiger partial charge < -0.3 is 16.0 Å². The lowest BCUT2D eigenvalue weighted by molar-refractivity contribution is -0.120. The molecule has 6 heteroatoms. The molecule has 0 aromatic heterocycles. The summed E-state index contributed by atoms with van der Waals surface area (Å²) in [5.74, 6) is 0.698. The molecule has 0 fully saturated rings. The second kappa shape index (κ2) is 15.5. The van der Waals surface area contributed by atoms with Crippen molar-refractivity contribution in [3.63, 3.8) is 0 Å². The van der Waals surface area contributed by atoms with Crippen LogP contribution in [0.1, 0.15) is 46.0 Å². The summed E-state index contributed by atoms with van der Waals surface area (Å²) >= 11 is 0. The largest absolute Gasteiger partial charge is 0.356 e. The Bertz CT molecular complexity index is 247. The van der Waals surface area contributed by atoms with Gasteiger partial charge in [-0.3, -0.25) is 9.79 Å². The summed E-state index contributed by atoms with van der Waals surface area (Å²) in [7, 11) is 1.71. The standard InChI is InChI=1S/C13H28N4O.HI/c1-4-6-7-8-10-16-13(14-3)17-11-12(18)15-9-5-2;/h4-11H2,1-3H3,(H,15,18)(H2,14,16,17);1H. The van der Waals surface area contributed by atoms with Gasteiger partial charge >= 0.3 is 0 Å². The van der Waals surface area contributed by atoms with Gasteiger partial charge in [-0.25, -0.2) is 0 Å². The summed E-state index contributed by atoms with van der Waals surface area (Å²) in [5, 5.41) is 9.01. The number of carbonyl (C=O) groups is 1. The van der Waals surface area contributed by atoms with E-state index in [1.807, 2.05) is 6.92 Å². The number of guanidine groups is 1. The van der Waals surface area contributed by atoms with Gasteiger partial charge in [0.2, 0.25) is 5.91 Å². The number of nitrogens with zero attached hydrogens (tertiary/aromatic N) is 1. The maximum absolute atomic E-state index is 11.4. The number of nitrogens with one attached hydrogen (secondary N) is 3. The highest BCUT2D eigenvalue weighted by molar-refractivity contribution is 14.0. The van der Waals surface area contributed by atoms with Crippen LogP contribution >= 0.6 is 24.0 Å². The number of hydrogen-bond acceptors (Lipinski definition) is 2. The highest BCUT2D eigenvalue weighted by Gasteiger charge is 2.01. The summed E-state index contributed by atoms with van der Waals surface area (Å²) in [6, 6.07) is 0. The topological polar surface area (TPSA) is 65.5 Å². The van der Waals surface area contributed by atoms with Crippen molar-refractivity contribution in [3.05, 3.63) is 0 Å². The molecule has 1 amide bonds. The Morgan fingerprint density at radius 3 is 2.26 bits per heavy atom. The molecule has 5 nitrogen and oxygen atoms in total. The van der Waals surface area contributed by atoms with E-state index in [0.29, 0.717) is 5.96 Å². The summed E-state index contributed by atoms with van der Waals surface area (Å²) in [6.45, 7) is 6.13. The zero-order valence-corrected chi connectivity index (χ0v) is 14.8. The van der Waals surface area contributed by atoms with Gasteiger partial charge in [-0.15, -0.1) is 24.0 Å². The minimum absolute atomic E-state index is 0. The first-order chi connectivity index (χ1) is 8.74. The fourth-order valence-electron chi connectivity index (χ4n) is 1.47. The molecule has 0 saturated heterocycles. The Morgan fingerprint density at radius 1 is 0.947 bits per heavy atom. The van der Waals surface area contributed by atoms with Crippen molar-refractivity contribution < 1.29 is 4.79 Å². The van der Waals surface area contributed by atoms with E-state index in [2.05, 4.69) is 27.9 Å². The molecule has 3 N–H and O–H groups in total. The van der Waals surface area contributed by atoms with Crippen LogP contribution in [0.3, 0.4) is 0 Å². The number of rotatable bonds is 9.